The summed E-state index contributed by atoms with van der Waals surface area (Å²) < 4.78 is 4.41. The molecule has 0 unspecified atom stereocenters. The smallest absolute Gasteiger partial charge is 0.373 e. The van der Waals surface area contributed by atoms with Crippen LogP contribution in [0.4, 0.5) is 0 Å². The predicted octanol–water partition coefficient (Wildman–Crippen LogP) is 1.98. The summed E-state index contributed by atoms with van der Waals surface area (Å²) in [7, 11) is 0. The van der Waals surface area contributed by atoms with Crippen LogP contribution in [0.5, 0.6) is 0 Å². The second-order valence-corrected chi connectivity index (χ2v) is 2.75. The van der Waals surface area contributed by atoms with E-state index in [1.807, 2.05) is 0 Å². The fourth-order valence-electron chi connectivity index (χ4n) is 0.666. The Balaban J connectivity index is 3.36. The third-order valence-electron chi connectivity index (χ3n) is 1.18. The number of furan rings is 1. The van der Waals surface area contributed by atoms with Crippen molar-refractivity contribution in [3.8, 4) is 0 Å². The van der Waals surface area contributed by atoms with Gasteiger partial charge in [0.05, 0.1) is 0 Å². The molecule has 0 amide bonds. The van der Waals surface area contributed by atoms with Crippen molar-refractivity contribution in [1.29, 1.82) is 0 Å². The third-order valence-corrected chi connectivity index (χ3v) is 2.00. The molecule has 0 atom stereocenters. The highest BCUT2D eigenvalue weighted by molar-refractivity contribution is 6.45. The van der Waals surface area contributed by atoms with Crippen molar-refractivity contribution in [2.75, 3.05) is 0 Å². The molecule has 0 radical (unpaired) electrons. The van der Waals surface area contributed by atoms with E-state index in [0.29, 0.717) is 0 Å². The van der Waals surface area contributed by atoms with Crippen LogP contribution in [-0.2, 0) is 0 Å². The number of rotatable bonds is 2. The standard InChI is InChI=1S/C6H2Cl2O5/c7-1-2(8)4(6(11)12)13-3(1)5(9)10/h(H,9,10)(H,11,12). The van der Waals surface area contributed by atoms with E-state index < -0.39 is 33.5 Å². The third kappa shape index (κ3) is 1.61. The lowest BCUT2D eigenvalue weighted by atomic mass is 10.4. The van der Waals surface area contributed by atoms with E-state index in [2.05, 4.69) is 4.42 Å². The molecule has 0 aliphatic heterocycles. The van der Waals surface area contributed by atoms with Crippen molar-refractivity contribution in [3.63, 3.8) is 0 Å². The zero-order valence-electron chi connectivity index (χ0n) is 5.88. The molecule has 0 saturated carbocycles. The number of carboxylic acid groups (broad SMARTS) is 2. The number of hydrogen-bond acceptors (Lipinski definition) is 3. The molecule has 0 aliphatic rings. The fourth-order valence-corrected chi connectivity index (χ4v) is 1.08. The Bertz CT molecular complexity index is 346. The minimum absolute atomic E-state index is 0.411. The van der Waals surface area contributed by atoms with Crippen LogP contribution in [0.2, 0.25) is 10.0 Å². The molecule has 1 rings (SSSR count). The predicted molar refractivity (Wildman–Crippen MR) is 42.6 cm³/mol. The molecule has 5 nitrogen and oxygen atoms in total. The minimum Gasteiger partial charge on any atom is -0.475 e. The molecule has 7 heteroatoms. The molecule has 1 aromatic rings. The van der Waals surface area contributed by atoms with Gasteiger partial charge in [-0.1, -0.05) is 23.2 Å². The molecule has 0 bridgehead atoms. The average molecular weight is 225 g/mol. The zero-order chi connectivity index (χ0) is 10.2. The summed E-state index contributed by atoms with van der Waals surface area (Å²) in [5, 5.41) is 16.1. The van der Waals surface area contributed by atoms with E-state index in [4.69, 9.17) is 33.4 Å². The average Bonchev–Trinajstić information content (AvgIpc) is 2.29. The first kappa shape index (κ1) is 9.88. The molecule has 0 fully saturated rings. The summed E-state index contributed by atoms with van der Waals surface area (Å²) in [5.74, 6) is -4.30. The minimum atomic E-state index is -1.47. The molecule has 0 aliphatic carbocycles. The molecule has 0 spiro atoms. The normalized spacial score (nSPS) is 10.0. The molecule has 70 valence electrons. The van der Waals surface area contributed by atoms with Gasteiger partial charge < -0.3 is 14.6 Å². The monoisotopic (exact) mass is 224 g/mol. The van der Waals surface area contributed by atoms with Gasteiger partial charge in [-0.25, -0.2) is 9.59 Å². The van der Waals surface area contributed by atoms with E-state index in [9.17, 15) is 9.59 Å². The van der Waals surface area contributed by atoms with Crippen LogP contribution in [0, 0.1) is 0 Å². The van der Waals surface area contributed by atoms with Gasteiger partial charge in [-0.05, 0) is 0 Å². The van der Waals surface area contributed by atoms with Gasteiger partial charge in [0.1, 0.15) is 10.0 Å². The largest absolute Gasteiger partial charge is 0.475 e. The number of carboxylic acids is 2. The highest BCUT2D eigenvalue weighted by Gasteiger charge is 2.25. The van der Waals surface area contributed by atoms with Gasteiger partial charge >= 0.3 is 11.9 Å². The summed E-state index contributed by atoms with van der Waals surface area (Å²) in [6.07, 6.45) is 0. The maximum atomic E-state index is 10.4. The van der Waals surface area contributed by atoms with E-state index in [1.165, 1.54) is 0 Å². The van der Waals surface area contributed by atoms with Crippen molar-refractivity contribution in [3.05, 3.63) is 21.6 Å². The topological polar surface area (TPSA) is 87.7 Å². The lowest BCUT2D eigenvalue weighted by Gasteiger charge is -1.85. The van der Waals surface area contributed by atoms with Gasteiger partial charge in [-0.3, -0.25) is 0 Å². The van der Waals surface area contributed by atoms with Crippen molar-refractivity contribution in [2.45, 2.75) is 0 Å². The van der Waals surface area contributed by atoms with Gasteiger partial charge in [0.15, 0.2) is 0 Å². The maximum Gasteiger partial charge on any atom is 0.373 e. The zero-order valence-corrected chi connectivity index (χ0v) is 7.39. The lowest BCUT2D eigenvalue weighted by Crippen LogP contribution is -1.95. The number of hydrogen-bond donors (Lipinski definition) is 2. The van der Waals surface area contributed by atoms with Crippen molar-refractivity contribution in [2.24, 2.45) is 0 Å². The molecule has 13 heavy (non-hydrogen) atoms. The van der Waals surface area contributed by atoms with Crippen LogP contribution >= 0.6 is 23.2 Å². The first-order valence-electron chi connectivity index (χ1n) is 2.89. The Morgan fingerprint density at radius 2 is 1.31 bits per heavy atom. The van der Waals surface area contributed by atoms with Gasteiger partial charge in [-0.15, -0.1) is 0 Å². The Morgan fingerprint density at radius 3 is 1.46 bits per heavy atom. The second kappa shape index (κ2) is 3.27. The van der Waals surface area contributed by atoms with E-state index in [1.54, 1.807) is 0 Å². The molecule has 1 aromatic heterocycles. The van der Waals surface area contributed by atoms with E-state index >= 15 is 0 Å². The highest BCUT2D eigenvalue weighted by atomic mass is 35.5. The maximum absolute atomic E-state index is 10.4. The first-order chi connectivity index (χ1) is 5.95. The molecular formula is C6H2Cl2O5. The summed E-state index contributed by atoms with van der Waals surface area (Å²) in [5.41, 5.74) is 0. The van der Waals surface area contributed by atoms with Crippen LogP contribution in [0.3, 0.4) is 0 Å². The fraction of sp³-hybridized carbons (Fsp3) is 0. The summed E-state index contributed by atoms with van der Waals surface area (Å²) in [4.78, 5) is 20.8. The van der Waals surface area contributed by atoms with E-state index in [-0.39, 0.29) is 0 Å². The second-order valence-electron chi connectivity index (χ2n) is 2.00. The van der Waals surface area contributed by atoms with Crippen LogP contribution in [-0.4, -0.2) is 22.2 Å². The number of carbonyl (C=O) groups is 2. The molecule has 0 aromatic carbocycles. The number of aromatic carboxylic acids is 2. The van der Waals surface area contributed by atoms with Gasteiger partial charge in [0.25, 0.3) is 0 Å². The number of halogens is 2. The van der Waals surface area contributed by atoms with Gasteiger partial charge in [-0.2, -0.15) is 0 Å². The Labute approximate surface area is 81.5 Å². The van der Waals surface area contributed by atoms with Crippen molar-refractivity contribution in [1.82, 2.24) is 0 Å². The van der Waals surface area contributed by atoms with Crippen LogP contribution in [0.25, 0.3) is 0 Å². The SMILES string of the molecule is O=C(O)c1oc(C(=O)O)c(Cl)c1Cl. The molecule has 0 saturated heterocycles. The quantitative estimate of drug-likeness (QED) is 0.803. The first-order valence-corrected chi connectivity index (χ1v) is 3.65. The van der Waals surface area contributed by atoms with Gasteiger partial charge in [0.2, 0.25) is 11.5 Å². The molecule has 2 N–H and O–H groups in total. The Kier molecular flexibility index (Phi) is 2.49. The summed E-state index contributed by atoms with van der Waals surface area (Å²) >= 11 is 10.8. The van der Waals surface area contributed by atoms with Crippen molar-refractivity contribution < 1.29 is 24.2 Å². The molecule has 1 heterocycles. The Morgan fingerprint density at radius 1 is 1.00 bits per heavy atom. The lowest BCUT2D eigenvalue weighted by molar-refractivity contribution is 0.0632. The van der Waals surface area contributed by atoms with Crippen LogP contribution in [0.15, 0.2) is 4.42 Å². The van der Waals surface area contributed by atoms with E-state index in [0.717, 1.165) is 0 Å². The molecular weight excluding hydrogens is 223 g/mol. The van der Waals surface area contributed by atoms with Gasteiger partial charge in [0, 0.05) is 0 Å². The van der Waals surface area contributed by atoms with Crippen molar-refractivity contribution >= 4 is 35.1 Å². The summed E-state index contributed by atoms with van der Waals surface area (Å²) in [6.45, 7) is 0. The Hall–Kier alpha value is -1.20. The highest BCUT2D eigenvalue weighted by Crippen LogP contribution is 2.32. The van der Waals surface area contributed by atoms with Crippen LogP contribution < -0.4 is 0 Å². The summed E-state index contributed by atoms with van der Waals surface area (Å²) in [6, 6.07) is 0. The van der Waals surface area contributed by atoms with Crippen LogP contribution in [0.1, 0.15) is 21.1 Å².